The monoisotopic (exact) mass is 328 g/mol. The molecule has 1 spiro atoms. The molecule has 0 radical (unpaired) electrons. The first-order valence-corrected chi connectivity index (χ1v) is 8.18. The lowest BCUT2D eigenvalue weighted by Crippen LogP contribution is -2.39. The molecule has 116 valence electrons. The normalized spacial score (nSPS) is 34.5. The third-order valence-corrected chi connectivity index (χ3v) is 5.96. The van der Waals surface area contributed by atoms with Crippen molar-refractivity contribution in [1.29, 1.82) is 0 Å². The fraction of sp³-hybridized carbons (Fsp3) is 0.312. The van der Waals surface area contributed by atoms with Gasteiger partial charge in [-0.15, -0.1) is 0 Å². The van der Waals surface area contributed by atoms with Crippen LogP contribution in [0.4, 0.5) is 5.13 Å². The van der Waals surface area contributed by atoms with Crippen LogP contribution in [0.5, 0.6) is 0 Å². The van der Waals surface area contributed by atoms with E-state index in [1.165, 1.54) is 11.3 Å². The molecular formula is C16H12N2O4S. The number of hydrogen-bond donors (Lipinski definition) is 1. The van der Waals surface area contributed by atoms with E-state index in [4.69, 9.17) is 4.74 Å². The summed E-state index contributed by atoms with van der Waals surface area (Å²) in [6, 6.07) is 7.69. The molecule has 2 aromatic rings. The number of thiazole rings is 1. The van der Waals surface area contributed by atoms with E-state index in [-0.39, 0.29) is 5.91 Å². The number of anilines is 1. The van der Waals surface area contributed by atoms with Gasteiger partial charge in [-0.3, -0.25) is 14.5 Å². The molecule has 3 aliphatic heterocycles. The van der Waals surface area contributed by atoms with Crippen LogP contribution in [0.2, 0.25) is 0 Å². The molecule has 2 fully saturated rings. The number of amides is 1. The topological polar surface area (TPSA) is 79.7 Å². The molecule has 5 rings (SSSR count). The third-order valence-electron chi connectivity index (χ3n) is 4.90. The maximum absolute atomic E-state index is 12.9. The molecule has 4 heterocycles. The number of carboxylic acids is 1. The predicted molar refractivity (Wildman–Crippen MR) is 83.3 cm³/mol. The van der Waals surface area contributed by atoms with E-state index in [0.29, 0.717) is 11.7 Å². The third kappa shape index (κ3) is 1.58. The lowest BCUT2D eigenvalue weighted by atomic mass is 9.77. The Morgan fingerprint density at radius 3 is 3.04 bits per heavy atom. The van der Waals surface area contributed by atoms with Crippen molar-refractivity contribution in [2.75, 3.05) is 11.4 Å². The van der Waals surface area contributed by atoms with E-state index < -0.39 is 29.5 Å². The number of aromatic nitrogens is 1. The van der Waals surface area contributed by atoms with Crippen LogP contribution in [0, 0.1) is 11.8 Å². The smallest absolute Gasteiger partial charge is 0.310 e. The van der Waals surface area contributed by atoms with Crippen molar-refractivity contribution in [3.05, 3.63) is 36.4 Å². The van der Waals surface area contributed by atoms with E-state index in [1.54, 1.807) is 11.0 Å². The summed E-state index contributed by atoms with van der Waals surface area (Å²) in [5.41, 5.74) is 0.0215. The maximum atomic E-state index is 12.9. The number of para-hydroxylation sites is 1. The molecule has 4 atom stereocenters. The fourth-order valence-electron chi connectivity index (χ4n) is 3.92. The van der Waals surface area contributed by atoms with Gasteiger partial charge in [0.1, 0.15) is 11.5 Å². The predicted octanol–water partition coefficient (Wildman–Crippen LogP) is 1.67. The second-order valence-electron chi connectivity index (χ2n) is 6.13. The number of carbonyl (C=O) groups is 2. The van der Waals surface area contributed by atoms with E-state index in [0.717, 1.165) is 10.2 Å². The van der Waals surface area contributed by atoms with Gasteiger partial charge in [-0.25, -0.2) is 4.98 Å². The first-order valence-electron chi connectivity index (χ1n) is 7.36. The SMILES string of the molecule is O=C(O)[C@@H]1[C@H]2C(=O)N(c3nc4ccccc4s3)C[C@@]23C=C[C@H]1O3. The van der Waals surface area contributed by atoms with Crippen LogP contribution in [0.1, 0.15) is 0 Å². The molecule has 1 amide bonds. The summed E-state index contributed by atoms with van der Waals surface area (Å²) in [6.45, 7) is 0.326. The number of rotatable bonds is 2. The zero-order valence-corrected chi connectivity index (χ0v) is 12.7. The van der Waals surface area contributed by atoms with Gasteiger partial charge in [0.2, 0.25) is 5.91 Å². The van der Waals surface area contributed by atoms with Gasteiger partial charge in [-0.05, 0) is 12.1 Å². The highest BCUT2D eigenvalue weighted by atomic mass is 32.1. The minimum atomic E-state index is -0.981. The van der Waals surface area contributed by atoms with Gasteiger partial charge < -0.3 is 9.84 Å². The molecule has 6 nitrogen and oxygen atoms in total. The second-order valence-corrected chi connectivity index (χ2v) is 7.14. The Balaban J connectivity index is 1.58. The molecule has 1 aromatic heterocycles. The Kier molecular flexibility index (Phi) is 2.40. The zero-order chi connectivity index (χ0) is 15.8. The second kappa shape index (κ2) is 4.18. The molecule has 2 saturated heterocycles. The van der Waals surface area contributed by atoms with Gasteiger partial charge in [0.25, 0.3) is 0 Å². The Morgan fingerprint density at radius 1 is 1.43 bits per heavy atom. The highest BCUT2D eigenvalue weighted by Crippen LogP contribution is 2.53. The fourth-order valence-corrected chi connectivity index (χ4v) is 4.89. The van der Waals surface area contributed by atoms with E-state index in [2.05, 4.69) is 4.98 Å². The molecule has 0 unspecified atom stereocenters. The summed E-state index contributed by atoms with van der Waals surface area (Å²) in [7, 11) is 0. The molecule has 2 bridgehead atoms. The van der Waals surface area contributed by atoms with Gasteiger partial charge in [0, 0.05) is 0 Å². The number of hydrogen-bond acceptors (Lipinski definition) is 5. The molecule has 0 aliphatic carbocycles. The van der Waals surface area contributed by atoms with Crippen LogP contribution >= 0.6 is 11.3 Å². The highest BCUT2D eigenvalue weighted by Gasteiger charge is 2.67. The lowest BCUT2D eigenvalue weighted by Gasteiger charge is -2.21. The summed E-state index contributed by atoms with van der Waals surface area (Å²) in [4.78, 5) is 30.5. The van der Waals surface area contributed by atoms with Crippen LogP contribution < -0.4 is 4.90 Å². The zero-order valence-electron chi connectivity index (χ0n) is 11.9. The number of ether oxygens (including phenoxy) is 1. The Bertz CT molecular complexity index is 858. The number of nitrogens with zero attached hydrogens (tertiary/aromatic N) is 2. The van der Waals surface area contributed by atoms with E-state index in [1.807, 2.05) is 30.3 Å². The Labute approximate surface area is 135 Å². The van der Waals surface area contributed by atoms with Crippen molar-refractivity contribution < 1.29 is 19.4 Å². The molecule has 1 N–H and O–H groups in total. The van der Waals surface area contributed by atoms with Crippen molar-refractivity contribution in [1.82, 2.24) is 4.98 Å². The number of fused-ring (bicyclic) bond motifs is 2. The molecule has 0 saturated carbocycles. The van der Waals surface area contributed by atoms with Gasteiger partial charge in [-0.1, -0.05) is 35.6 Å². The van der Waals surface area contributed by atoms with E-state index in [9.17, 15) is 14.7 Å². The number of carboxylic acid groups (broad SMARTS) is 1. The van der Waals surface area contributed by atoms with Gasteiger partial charge in [0.05, 0.1) is 28.8 Å². The molecule has 1 aromatic carbocycles. The quantitative estimate of drug-likeness (QED) is 0.848. The van der Waals surface area contributed by atoms with Crippen molar-refractivity contribution in [2.24, 2.45) is 11.8 Å². The largest absolute Gasteiger partial charge is 0.481 e. The average Bonchev–Trinajstić information content (AvgIpc) is 3.25. The summed E-state index contributed by atoms with van der Waals surface area (Å²) >= 11 is 1.44. The summed E-state index contributed by atoms with van der Waals surface area (Å²) in [5.74, 6) is -2.66. The van der Waals surface area contributed by atoms with Crippen molar-refractivity contribution in [3.8, 4) is 0 Å². The Morgan fingerprint density at radius 2 is 2.26 bits per heavy atom. The van der Waals surface area contributed by atoms with Gasteiger partial charge >= 0.3 is 5.97 Å². The molecule has 23 heavy (non-hydrogen) atoms. The first kappa shape index (κ1) is 13.2. The van der Waals surface area contributed by atoms with Crippen LogP contribution in [0.15, 0.2) is 36.4 Å². The van der Waals surface area contributed by atoms with Crippen molar-refractivity contribution in [3.63, 3.8) is 0 Å². The van der Waals surface area contributed by atoms with E-state index >= 15 is 0 Å². The highest BCUT2D eigenvalue weighted by molar-refractivity contribution is 7.22. The van der Waals surface area contributed by atoms with Crippen LogP contribution in [0.25, 0.3) is 10.2 Å². The summed E-state index contributed by atoms with van der Waals surface area (Å²) < 4.78 is 6.88. The summed E-state index contributed by atoms with van der Waals surface area (Å²) in [6.07, 6.45) is 3.12. The molecule has 3 aliphatic rings. The molecule has 7 heteroatoms. The standard InChI is InChI=1S/C16H12N2O4S/c19-13-12-11(14(20)21)9-5-6-16(12,22-9)7-18(13)15-17-8-3-1-2-4-10(8)23-15/h1-6,9,11-12H,7H2,(H,20,21)/t9-,11+,12+,16+/m1/s1. The van der Waals surface area contributed by atoms with Crippen LogP contribution in [0.3, 0.4) is 0 Å². The van der Waals surface area contributed by atoms with Crippen LogP contribution in [-0.4, -0.2) is 40.2 Å². The van der Waals surface area contributed by atoms with Gasteiger partial charge in [-0.2, -0.15) is 0 Å². The lowest BCUT2D eigenvalue weighted by molar-refractivity contribution is -0.146. The minimum absolute atomic E-state index is 0.205. The van der Waals surface area contributed by atoms with Crippen molar-refractivity contribution in [2.45, 2.75) is 11.7 Å². The number of benzene rings is 1. The van der Waals surface area contributed by atoms with Gasteiger partial charge in [0.15, 0.2) is 5.13 Å². The maximum Gasteiger partial charge on any atom is 0.310 e. The average molecular weight is 328 g/mol. The first-order chi connectivity index (χ1) is 11.1. The molecular weight excluding hydrogens is 316 g/mol. The van der Waals surface area contributed by atoms with Crippen LogP contribution in [-0.2, 0) is 14.3 Å². The Hall–Kier alpha value is -2.25. The number of carbonyl (C=O) groups excluding carboxylic acids is 1. The summed E-state index contributed by atoms with van der Waals surface area (Å²) in [5, 5.41) is 10.1. The minimum Gasteiger partial charge on any atom is -0.481 e. The number of aliphatic carboxylic acids is 1. The van der Waals surface area contributed by atoms with Crippen molar-refractivity contribution >= 4 is 38.6 Å².